The summed E-state index contributed by atoms with van der Waals surface area (Å²) >= 11 is 3.38. The van der Waals surface area contributed by atoms with Crippen LogP contribution in [0.2, 0.25) is 0 Å². The van der Waals surface area contributed by atoms with E-state index in [9.17, 15) is 9.59 Å². The summed E-state index contributed by atoms with van der Waals surface area (Å²) in [7, 11) is 0. The van der Waals surface area contributed by atoms with Crippen molar-refractivity contribution in [2.24, 2.45) is 0 Å². The van der Waals surface area contributed by atoms with Crippen molar-refractivity contribution in [3.05, 3.63) is 34.3 Å². The van der Waals surface area contributed by atoms with Crippen LogP contribution in [-0.4, -0.2) is 36.1 Å². The Labute approximate surface area is 109 Å². The lowest BCUT2D eigenvalue weighted by Crippen LogP contribution is -2.37. The number of hydrogen-bond donors (Lipinski definition) is 0. The third kappa shape index (κ3) is 3.23. The maximum Gasteiger partial charge on any atom is 0.177 e. The van der Waals surface area contributed by atoms with Crippen molar-refractivity contribution in [2.75, 3.05) is 19.6 Å². The Hall–Kier alpha value is -1.000. The fourth-order valence-corrected chi connectivity index (χ4v) is 2.44. The second-order valence-corrected chi connectivity index (χ2v) is 5.07. The summed E-state index contributed by atoms with van der Waals surface area (Å²) in [5, 5.41) is 0. The number of benzene rings is 1. The van der Waals surface area contributed by atoms with Crippen molar-refractivity contribution < 1.29 is 9.59 Å². The quantitative estimate of drug-likeness (QED) is 0.803. The molecule has 2 rings (SSSR count). The van der Waals surface area contributed by atoms with Gasteiger partial charge in [-0.25, -0.2) is 0 Å². The molecule has 1 aromatic rings. The highest BCUT2D eigenvalue weighted by molar-refractivity contribution is 9.10. The molecular weight excluding hydrogens is 282 g/mol. The highest BCUT2D eigenvalue weighted by Gasteiger charge is 2.19. The monoisotopic (exact) mass is 295 g/mol. The molecule has 90 valence electrons. The molecule has 17 heavy (non-hydrogen) atoms. The maximum atomic E-state index is 12.1. The molecule has 0 amide bonds. The van der Waals surface area contributed by atoms with E-state index in [4.69, 9.17) is 0 Å². The summed E-state index contributed by atoms with van der Waals surface area (Å²) in [6, 6.07) is 7.44. The number of piperidine rings is 1. The van der Waals surface area contributed by atoms with Gasteiger partial charge in [0.15, 0.2) is 5.78 Å². The number of carbonyl (C=O) groups is 2. The fourth-order valence-electron chi connectivity index (χ4n) is 1.94. The second-order valence-electron chi connectivity index (χ2n) is 4.22. The summed E-state index contributed by atoms with van der Waals surface area (Å²) in [6.07, 6.45) is 1.15. The molecule has 0 saturated carbocycles. The molecule has 0 atom stereocenters. The molecule has 1 aliphatic heterocycles. The topological polar surface area (TPSA) is 37.4 Å². The molecule has 0 bridgehead atoms. The van der Waals surface area contributed by atoms with Crippen LogP contribution in [0.25, 0.3) is 0 Å². The van der Waals surface area contributed by atoms with Gasteiger partial charge in [-0.3, -0.25) is 14.5 Å². The zero-order valence-electron chi connectivity index (χ0n) is 9.49. The largest absolute Gasteiger partial charge is 0.300 e. The number of hydrogen-bond acceptors (Lipinski definition) is 3. The SMILES string of the molecule is O=C1CCN(CC(=O)c2ccccc2Br)CC1. The van der Waals surface area contributed by atoms with Crippen LogP contribution < -0.4 is 0 Å². The molecule has 0 aromatic heterocycles. The van der Waals surface area contributed by atoms with Gasteiger partial charge in [0.05, 0.1) is 6.54 Å². The summed E-state index contributed by atoms with van der Waals surface area (Å²) in [4.78, 5) is 25.2. The van der Waals surface area contributed by atoms with Gasteiger partial charge in [-0.2, -0.15) is 0 Å². The highest BCUT2D eigenvalue weighted by Crippen LogP contribution is 2.17. The van der Waals surface area contributed by atoms with Gasteiger partial charge in [-0.05, 0) is 6.07 Å². The first kappa shape index (κ1) is 12.5. The first-order valence-corrected chi connectivity index (χ1v) is 6.48. The van der Waals surface area contributed by atoms with Crippen LogP contribution in [0.3, 0.4) is 0 Å². The zero-order chi connectivity index (χ0) is 12.3. The van der Waals surface area contributed by atoms with E-state index in [1.165, 1.54) is 0 Å². The smallest absolute Gasteiger partial charge is 0.177 e. The number of nitrogens with zero attached hydrogens (tertiary/aromatic N) is 1. The minimum absolute atomic E-state index is 0.104. The first-order chi connectivity index (χ1) is 8.16. The van der Waals surface area contributed by atoms with Crippen molar-refractivity contribution in [1.29, 1.82) is 0 Å². The lowest BCUT2D eigenvalue weighted by atomic mass is 10.1. The zero-order valence-corrected chi connectivity index (χ0v) is 11.1. The van der Waals surface area contributed by atoms with Crippen LogP contribution in [0, 0.1) is 0 Å². The molecule has 0 N–H and O–H groups in total. The molecule has 0 aliphatic carbocycles. The van der Waals surface area contributed by atoms with Crippen LogP contribution in [0.1, 0.15) is 23.2 Å². The van der Waals surface area contributed by atoms with Gasteiger partial charge < -0.3 is 0 Å². The molecule has 1 fully saturated rings. The van der Waals surface area contributed by atoms with Crippen molar-refractivity contribution in [3.8, 4) is 0 Å². The predicted octanol–water partition coefficient (Wildman–Crippen LogP) is 2.30. The van der Waals surface area contributed by atoms with E-state index in [1.807, 2.05) is 29.2 Å². The molecule has 1 saturated heterocycles. The van der Waals surface area contributed by atoms with Crippen LogP contribution in [-0.2, 0) is 4.79 Å². The molecule has 0 spiro atoms. The van der Waals surface area contributed by atoms with E-state index in [0.29, 0.717) is 43.8 Å². The fraction of sp³-hybridized carbons (Fsp3) is 0.385. The Morgan fingerprint density at radius 1 is 1.24 bits per heavy atom. The average molecular weight is 296 g/mol. The molecule has 3 nitrogen and oxygen atoms in total. The average Bonchev–Trinajstić information content (AvgIpc) is 2.32. The molecule has 1 heterocycles. The number of likely N-dealkylation sites (tertiary alicyclic amines) is 1. The Kier molecular flexibility index (Phi) is 4.07. The summed E-state index contributed by atoms with van der Waals surface area (Å²) in [5.41, 5.74) is 0.712. The van der Waals surface area contributed by atoms with Gasteiger partial charge >= 0.3 is 0 Å². The summed E-state index contributed by atoms with van der Waals surface area (Å²) < 4.78 is 0.832. The Bertz CT molecular complexity index is 435. The van der Waals surface area contributed by atoms with Gasteiger partial charge in [0.1, 0.15) is 5.78 Å². The molecule has 1 aliphatic rings. The third-order valence-corrected chi connectivity index (χ3v) is 3.65. The van der Waals surface area contributed by atoms with Crippen LogP contribution in [0.15, 0.2) is 28.7 Å². The second kappa shape index (κ2) is 5.56. The van der Waals surface area contributed by atoms with E-state index in [2.05, 4.69) is 15.9 Å². The Morgan fingerprint density at radius 2 is 1.88 bits per heavy atom. The Balaban J connectivity index is 1.98. The lowest BCUT2D eigenvalue weighted by molar-refractivity contribution is -0.121. The van der Waals surface area contributed by atoms with Gasteiger partial charge in [-0.1, -0.05) is 34.1 Å². The van der Waals surface area contributed by atoms with E-state index >= 15 is 0 Å². The maximum absolute atomic E-state index is 12.1. The normalized spacial score (nSPS) is 17.1. The number of rotatable bonds is 3. The molecular formula is C13H14BrNO2. The van der Waals surface area contributed by atoms with Crippen LogP contribution in [0.5, 0.6) is 0 Å². The van der Waals surface area contributed by atoms with E-state index in [-0.39, 0.29) is 5.78 Å². The number of ketones is 2. The minimum atomic E-state index is 0.104. The third-order valence-electron chi connectivity index (χ3n) is 2.96. The van der Waals surface area contributed by atoms with Gasteiger partial charge in [-0.15, -0.1) is 0 Å². The molecule has 4 heteroatoms. The Morgan fingerprint density at radius 3 is 2.53 bits per heavy atom. The number of carbonyl (C=O) groups excluding carboxylic acids is 2. The summed E-state index contributed by atoms with van der Waals surface area (Å²) in [5.74, 6) is 0.404. The van der Waals surface area contributed by atoms with E-state index in [0.717, 1.165) is 4.47 Å². The number of halogens is 1. The van der Waals surface area contributed by atoms with E-state index in [1.54, 1.807) is 0 Å². The van der Waals surface area contributed by atoms with Crippen molar-refractivity contribution in [3.63, 3.8) is 0 Å². The van der Waals surface area contributed by atoms with Crippen LogP contribution in [0.4, 0.5) is 0 Å². The summed E-state index contributed by atoms with van der Waals surface area (Å²) in [6.45, 7) is 1.81. The molecule has 0 unspecified atom stereocenters. The standard InChI is InChI=1S/C13H14BrNO2/c14-12-4-2-1-3-11(12)13(17)9-15-7-5-10(16)6-8-15/h1-4H,5-9H2. The highest BCUT2D eigenvalue weighted by atomic mass is 79.9. The predicted molar refractivity (Wildman–Crippen MR) is 69.2 cm³/mol. The van der Waals surface area contributed by atoms with Crippen molar-refractivity contribution in [1.82, 2.24) is 4.90 Å². The van der Waals surface area contributed by atoms with Crippen molar-refractivity contribution in [2.45, 2.75) is 12.8 Å². The first-order valence-electron chi connectivity index (χ1n) is 5.68. The number of Topliss-reactive ketones (excluding diaryl/α,β-unsaturated/α-hetero) is 2. The van der Waals surface area contributed by atoms with E-state index < -0.39 is 0 Å². The van der Waals surface area contributed by atoms with Gasteiger partial charge in [0, 0.05) is 36.0 Å². The van der Waals surface area contributed by atoms with Crippen molar-refractivity contribution >= 4 is 27.5 Å². The van der Waals surface area contributed by atoms with Gasteiger partial charge in [0.25, 0.3) is 0 Å². The lowest BCUT2D eigenvalue weighted by Gasteiger charge is -2.25. The van der Waals surface area contributed by atoms with Gasteiger partial charge in [0.2, 0.25) is 0 Å². The molecule has 0 radical (unpaired) electrons. The minimum Gasteiger partial charge on any atom is -0.300 e. The van der Waals surface area contributed by atoms with Crippen LogP contribution >= 0.6 is 15.9 Å². The molecule has 1 aromatic carbocycles.